The van der Waals surface area contributed by atoms with Gasteiger partial charge in [-0.15, -0.1) is 0 Å². The molecule has 1 N–H and O–H groups in total. The number of likely N-dealkylation sites (tertiary alicyclic amines) is 1. The van der Waals surface area contributed by atoms with Gasteiger partial charge in [0.25, 0.3) is 5.91 Å². The topological polar surface area (TPSA) is 47.0 Å². The average Bonchev–Trinajstić information content (AvgIpc) is 2.60. The lowest BCUT2D eigenvalue weighted by Crippen LogP contribution is -2.61. The molecule has 2 heterocycles. The minimum absolute atomic E-state index is 0.00406. The Hall–Kier alpha value is -0.650. The zero-order chi connectivity index (χ0) is 17.9. The van der Waals surface area contributed by atoms with Crippen LogP contribution < -0.4 is 0 Å². The van der Waals surface area contributed by atoms with Crippen LogP contribution in [-0.2, 0) is 4.79 Å². The van der Waals surface area contributed by atoms with Crippen LogP contribution in [0.5, 0.6) is 0 Å². The number of piperazine rings is 1. The molecule has 0 aromatic heterocycles. The van der Waals surface area contributed by atoms with E-state index in [1.165, 1.54) is 32.1 Å². The van der Waals surface area contributed by atoms with E-state index in [-0.39, 0.29) is 5.91 Å². The number of amides is 1. The Morgan fingerprint density at radius 2 is 1.72 bits per heavy atom. The van der Waals surface area contributed by atoms with E-state index in [9.17, 15) is 9.90 Å². The Morgan fingerprint density at radius 3 is 2.36 bits per heavy atom. The second-order valence-electron chi connectivity index (χ2n) is 8.80. The van der Waals surface area contributed by atoms with Crippen LogP contribution in [0.4, 0.5) is 0 Å². The molecular weight excluding hydrogens is 314 g/mol. The van der Waals surface area contributed by atoms with E-state index < -0.39 is 5.60 Å². The van der Waals surface area contributed by atoms with Gasteiger partial charge in [0.15, 0.2) is 5.60 Å². The van der Waals surface area contributed by atoms with Crippen molar-refractivity contribution in [3.8, 4) is 0 Å². The molecule has 0 radical (unpaired) electrons. The lowest BCUT2D eigenvalue weighted by Gasteiger charge is -2.44. The Labute approximate surface area is 153 Å². The summed E-state index contributed by atoms with van der Waals surface area (Å²) in [5.74, 6) is 0.644. The van der Waals surface area contributed by atoms with Crippen LogP contribution >= 0.6 is 0 Å². The van der Waals surface area contributed by atoms with Gasteiger partial charge in [-0.25, -0.2) is 0 Å². The van der Waals surface area contributed by atoms with Crippen molar-refractivity contribution in [3.63, 3.8) is 0 Å². The van der Waals surface area contributed by atoms with Crippen molar-refractivity contribution >= 4 is 5.91 Å². The third-order valence-electron chi connectivity index (χ3n) is 6.53. The number of carbonyl (C=O) groups excluding carboxylic acids is 1. The molecule has 3 fully saturated rings. The number of piperidine rings is 1. The van der Waals surface area contributed by atoms with Crippen LogP contribution in [-0.4, -0.2) is 83.2 Å². The van der Waals surface area contributed by atoms with E-state index in [0.717, 1.165) is 45.7 Å². The van der Waals surface area contributed by atoms with E-state index in [1.54, 1.807) is 0 Å². The number of hydrogen-bond donors (Lipinski definition) is 1. The van der Waals surface area contributed by atoms with Gasteiger partial charge < -0.3 is 10.0 Å². The summed E-state index contributed by atoms with van der Waals surface area (Å²) >= 11 is 0. The molecule has 25 heavy (non-hydrogen) atoms. The Balaban J connectivity index is 1.54. The minimum Gasteiger partial charge on any atom is -0.379 e. The predicted molar refractivity (Wildman–Crippen MR) is 100 cm³/mol. The second kappa shape index (κ2) is 8.36. The SMILES string of the molecule is CC(C)N1CCN(C[C@]2(O)CCCN(CC3CCCCC3)C2=O)CC1. The van der Waals surface area contributed by atoms with Crippen molar-refractivity contribution in [3.05, 3.63) is 0 Å². The van der Waals surface area contributed by atoms with Gasteiger partial charge in [-0.1, -0.05) is 19.3 Å². The standard InChI is InChI=1S/C20H37N3O2/c1-17(2)22-13-11-21(12-14-22)16-20(25)9-6-10-23(19(20)24)15-18-7-4-3-5-8-18/h17-18,25H,3-16H2,1-2H3/t20-/m1/s1. The van der Waals surface area contributed by atoms with E-state index in [1.807, 2.05) is 4.90 Å². The molecule has 3 aliphatic rings. The summed E-state index contributed by atoms with van der Waals surface area (Å²) in [6, 6.07) is 0.576. The first-order chi connectivity index (χ1) is 12.0. The first-order valence-corrected chi connectivity index (χ1v) is 10.5. The fourth-order valence-electron chi connectivity index (χ4n) is 4.88. The predicted octanol–water partition coefficient (Wildman–Crippen LogP) is 1.95. The molecule has 5 nitrogen and oxygen atoms in total. The Kier molecular flexibility index (Phi) is 6.39. The van der Waals surface area contributed by atoms with Gasteiger partial charge in [0.05, 0.1) is 0 Å². The molecule has 2 aliphatic heterocycles. The second-order valence-corrected chi connectivity index (χ2v) is 8.80. The highest BCUT2D eigenvalue weighted by atomic mass is 16.3. The number of rotatable bonds is 5. The molecule has 144 valence electrons. The largest absolute Gasteiger partial charge is 0.379 e. The highest BCUT2D eigenvalue weighted by molar-refractivity contribution is 5.86. The molecule has 0 spiro atoms. The number of carbonyl (C=O) groups is 1. The van der Waals surface area contributed by atoms with Crippen LogP contribution in [0.15, 0.2) is 0 Å². The van der Waals surface area contributed by atoms with E-state index in [2.05, 4.69) is 23.6 Å². The molecule has 5 heteroatoms. The monoisotopic (exact) mass is 351 g/mol. The van der Waals surface area contributed by atoms with Crippen molar-refractivity contribution in [1.29, 1.82) is 0 Å². The van der Waals surface area contributed by atoms with E-state index >= 15 is 0 Å². The molecular formula is C20H37N3O2. The third-order valence-corrected chi connectivity index (χ3v) is 6.53. The number of hydrogen-bond acceptors (Lipinski definition) is 4. The molecule has 0 bridgehead atoms. The van der Waals surface area contributed by atoms with Crippen LogP contribution in [0.25, 0.3) is 0 Å². The average molecular weight is 352 g/mol. The van der Waals surface area contributed by atoms with Gasteiger partial charge in [-0.05, 0) is 45.4 Å². The van der Waals surface area contributed by atoms with Crippen LogP contribution in [0.2, 0.25) is 0 Å². The summed E-state index contributed by atoms with van der Waals surface area (Å²) in [4.78, 5) is 19.7. The molecule has 1 saturated carbocycles. The number of β-amino-alcohol motifs (C(OH)–C–C–N with tert-alkyl or cyclic N) is 1. The maximum atomic E-state index is 13.0. The lowest BCUT2D eigenvalue weighted by atomic mass is 9.86. The molecule has 0 aromatic carbocycles. The van der Waals surface area contributed by atoms with Gasteiger partial charge in [0.1, 0.15) is 0 Å². The highest BCUT2D eigenvalue weighted by Crippen LogP contribution is 2.29. The molecule has 1 atom stereocenters. The lowest BCUT2D eigenvalue weighted by molar-refractivity contribution is -0.161. The van der Waals surface area contributed by atoms with Gasteiger partial charge in [-0.3, -0.25) is 14.6 Å². The summed E-state index contributed by atoms with van der Waals surface area (Å²) in [6.07, 6.45) is 8.00. The summed E-state index contributed by atoms with van der Waals surface area (Å²) in [7, 11) is 0. The van der Waals surface area contributed by atoms with E-state index in [0.29, 0.717) is 24.9 Å². The first kappa shape index (κ1) is 19.1. The highest BCUT2D eigenvalue weighted by Gasteiger charge is 2.44. The quantitative estimate of drug-likeness (QED) is 0.822. The molecule has 3 rings (SSSR count). The smallest absolute Gasteiger partial charge is 0.255 e. The maximum Gasteiger partial charge on any atom is 0.255 e. The van der Waals surface area contributed by atoms with Crippen molar-refractivity contribution < 1.29 is 9.90 Å². The molecule has 2 saturated heterocycles. The van der Waals surface area contributed by atoms with Crippen molar-refractivity contribution in [2.45, 2.75) is 70.4 Å². The van der Waals surface area contributed by atoms with Crippen molar-refractivity contribution in [1.82, 2.24) is 14.7 Å². The van der Waals surface area contributed by atoms with Crippen LogP contribution in [0.3, 0.4) is 0 Å². The fourth-order valence-corrected chi connectivity index (χ4v) is 4.88. The third kappa shape index (κ3) is 4.75. The van der Waals surface area contributed by atoms with Crippen molar-refractivity contribution in [2.24, 2.45) is 5.92 Å². The maximum absolute atomic E-state index is 13.0. The van der Waals surface area contributed by atoms with Crippen molar-refractivity contribution in [2.75, 3.05) is 45.8 Å². The van der Waals surface area contributed by atoms with Gasteiger partial charge in [0, 0.05) is 51.9 Å². The summed E-state index contributed by atoms with van der Waals surface area (Å²) in [5.41, 5.74) is -1.16. The summed E-state index contributed by atoms with van der Waals surface area (Å²) in [5, 5.41) is 11.1. The normalized spacial score (nSPS) is 31.0. The molecule has 1 aliphatic carbocycles. The van der Waals surface area contributed by atoms with E-state index in [4.69, 9.17) is 0 Å². The summed E-state index contributed by atoms with van der Waals surface area (Å²) < 4.78 is 0. The first-order valence-electron chi connectivity index (χ1n) is 10.5. The van der Waals surface area contributed by atoms with Gasteiger partial charge in [0.2, 0.25) is 0 Å². The zero-order valence-electron chi connectivity index (χ0n) is 16.3. The minimum atomic E-state index is -1.16. The van der Waals surface area contributed by atoms with Crippen LogP contribution in [0.1, 0.15) is 58.8 Å². The Bertz CT molecular complexity index is 442. The van der Waals surface area contributed by atoms with Gasteiger partial charge in [-0.2, -0.15) is 0 Å². The number of aliphatic hydroxyl groups is 1. The molecule has 0 unspecified atom stereocenters. The molecule has 0 aromatic rings. The Morgan fingerprint density at radius 1 is 1.04 bits per heavy atom. The van der Waals surface area contributed by atoms with Gasteiger partial charge >= 0.3 is 0 Å². The summed E-state index contributed by atoms with van der Waals surface area (Å²) in [6.45, 7) is 10.7. The fraction of sp³-hybridized carbons (Fsp3) is 0.950. The zero-order valence-corrected chi connectivity index (χ0v) is 16.3. The molecule has 1 amide bonds. The number of nitrogens with zero attached hydrogens (tertiary/aromatic N) is 3. The van der Waals surface area contributed by atoms with Crippen LogP contribution in [0, 0.1) is 5.92 Å².